The van der Waals surface area contributed by atoms with Crippen molar-refractivity contribution in [3.8, 4) is 0 Å². The van der Waals surface area contributed by atoms with Crippen LogP contribution in [0.1, 0.15) is 22.3 Å². The number of aliphatic carboxylic acids is 2. The third-order valence-corrected chi connectivity index (χ3v) is 3.14. The first-order valence-corrected chi connectivity index (χ1v) is 6.82. The molecule has 4 heteroatoms. The molecule has 4 nitrogen and oxygen atoms in total. The molecule has 2 N–H and O–H groups in total. The lowest BCUT2D eigenvalue weighted by molar-refractivity contribution is -0.137. The molecule has 0 unspecified atom stereocenters. The van der Waals surface area contributed by atoms with Gasteiger partial charge >= 0.3 is 11.9 Å². The molecule has 0 aliphatic heterocycles. The smallest absolute Gasteiger partial charge is 0.307 e. The van der Waals surface area contributed by atoms with Crippen LogP contribution in [0.3, 0.4) is 0 Å². The molecule has 0 atom stereocenters. The second kappa shape index (κ2) is 7.22. The molecule has 0 aliphatic rings. The quantitative estimate of drug-likeness (QED) is 0.803. The molecule has 22 heavy (non-hydrogen) atoms. The fraction of sp³-hybridized carbons (Fsp3) is 0.111. The van der Waals surface area contributed by atoms with Crippen LogP contribution in [0.15, 0.2) is 48.5 Å². The van der Waals surface area contributed by atoms with Gasteiger partial charge in [-0.15, -0.1) is 0 Å². The predicted octanol–water partition coefficient (Wildman–Crippen LogP) is 3.11. The first-order valence-electron chi connectivity index (χ1n) is 6.82. The molecule has 2 aromatic carbocycles. The van der Waals surface area contributed by atoms with E-state index in [0.717, 1.165) is 22.3 Å². The zero-order valence-electron chi connectivity index (χ0n) is 11.9. The van der Waals surface area contributed by atoms with Gasteiger partial charge in [-0.1, -0.05) is 60.7 Å². The molecule has 0 saturated carbocycles. The van der Waals surface area contributed by atoms with Crippen LogP contribution in [-0.2, 0) is 22.4 Å². The van der Waals surface area contributed by atoms with Gasteiger partial charge < -0.3 is 10.2 Å². The predicted molar refractivity (Wildman–Crippen MR) is 84.5 cm³/mol. The van der Waals surface area contributed by atoms with Crippen LogP contribution < -0.4 is 0 Å². The summed E-state index contributed by atoms with van der Waals surface area (Å²) in [6, 6.07) is 14.7. The Morgan fingerprint density at radius 2 is 1.00 bits per heavy atom. The average molecular weight is 296 g/mol. The summed E-state index contributed by atoms with van der Waals surface area (Å²) in [5, 5.41) is 17.4. The second-order valence-corrected chi connectivity index (χ2v) is 4.96. The highest BCUT2D eigenvalue weighted by atomic mass is 16.4. The van der Waals surface area contributed by atoms with Crippen molar-refractivity contribution in [2.45, 2.75) is 12.8 Å². The Morgan fingerprint density at radius 3 is 1.27 bits per heavy atom. The van der Waals surface area contributed by atoms with Crippen LogP contribution in [0, 0.1) is 0 Å². The number of hydrogen-bond donors (Lipinski definition) is 2. The third kappa shape index (κ3) is 4.90. The molecule has 0 aliphatic carbocycles. The first kappa shape index (κ1) is 15.5. The fourth-order valence-corrected chi connectivity index (χ4v) is 2.03. The summed E-state index contributed by atoms with van der Waals surface area (Å²) < 4.78 is 0. The molecule has 0 aromatic heterocycles. The molecule has 0 bridgehead atoms. The molecule has 0 saturated heterocycles. The van der Waals surface area contributed by atoms with Gasteiger partial charge in [0.05, 0.1) is 12.8 Å². The van der Waals surface area contributed by atoms with Crippen molar-refractivity contribution in [1.29, 1.82) is 0 Å². The zero-order chi connectivity index (χ0) is 15.9. The Morgan fingerprint density at radius 1 is 0.682 bits per heavy atom. The molecule has 2 aromatic rings. The Labute approximate surface area is 128 Å². The summed E-state index contributed by atoms with van der Waals surface area (Å²) in [6.45, 7) is 0. The Kier molecular flexibility index (Phi) is 5.09. The number of carbonyl (C=O) groups is 2. The second-order valence-electron chi connectivity index (χ2n) is 4.96. The van der Waals surface area contributed by atoms with Crippen LogP contribution in [0.25, 0.3) is 12.2 Å². The average Bonchev–Trinajstić information content (AvgIpc) is 2.47. The van der Waals surface area contributed by atoms with Gasteiger partial charge in [-0.05, 0) is 22.3 Å². The minimum Gasteiger partial charge on any atom is -0.481 e. The van der Waals surface area contributed by atoms with Crippen molar-refractivity contribution in [3.05, 3.63) is 70.8 Å². The van der Waals surface area contributed by atoms with Crippen LogP contribution in [0.5, 0.6) is 0 Å². The van der Waals surface area contributed by atoms with E-state index in [-0.39, 0.29) is 12.8 Å². The number of benzene rings is 2. The van der Waals surface area contributed by atoms with E-state index in [2.05, 4.69) is 0 Å². The largest absolute Gasteiger partial charge is 0.481 e. The summed E-state index contributed by atoms with van der Waals surface area (Å²) in [5.74, 6) is -1.69. The van der Waals surface area contributed by atoms with E-state index in [1.54, 1.807) is 24.3 Å². The lowest BCUT2D eigenvalue weighted by atomic mass is 10.1. The van der Waals surface area contributed by atoms with Gasteiger partial charge in [-0.25, -0.2) is 0 Å². The summed E-state index contributed by atoms with van der Waals surface area (Å²) >= 11 is 0. The van der Waals surface area contributed by atoms with Crippen LogP contribution >= 0.6 is 0 Å². The van der Waals surface area contributed by atoms with E-state index >= 15 is 0 Å². The fourth-order valence-electron chi connectivity index (χ4n) is 2.03. The molecule has 0 amide bonds. The van der Waals surface area contributed by atoms with E-state index in [0.29, 0.717) is 0 Å². The molecule has 0 fully saturated rings. The van der Waals surface area contributed by atoms with Crippen molar-refractivity contribution in [3.63, 3.8) is 0 Å². The highest BCUT2D eigenvalue weighted by Crippen LogP contribution is 2.12. The number of rotatable bonds is 6. The standard InChI is InChI=1S/C18H16O4/c19-17(20)11-15-7-3-13(4-8-15)1-2-14-5-9-16(10-6-14)12-18(21)22/h1-10H,11-12H2,(H,19,20)(H,21,22)/b2-1+. The normalized spacial score (nSPS) is 10.7. The number of carboxylic acids is 2. The highest BCUT2D eigenvalue weighted by molar-refractivity contribution is 5.73. The summed E-state index contributed by atoms with van der Waals surface area (Å²) in [7, 11) is 0. The molecule has 112 valence electrons. The maximum absolute atomic E-state index is 10.6. The summed E-state index contributed by atoms with van der Waals surface area (Å²) in [6.07, 6.45) is 3.90. The molecular weight excluding hydrogens is 280 g/mol. The first-order chi connectivity index (χ1) is 10.5. The van der Waals surface area contributed by atoms with Crippen molar-refractivity contribution in [2.75, 3.05) is 0 Å². The molecule has 0 heterocycles. The lowest BCUT2D eigenvalue weighted by Gasteiger charge is -2.00. The minimum atomic E-state index is -0.843. The lowest BCUT2D eigenvalue weighted by Crippen LogP contribution is -1.99. The molecule has 2 rings (SSSR count). The van der Waals surface area contributed by atoms with E-state index in [1.165, 1.54) is 0 Å². The van der Waals surface area contributed by atoms with Crippen LogP contribution in [-0.4, -0.2) is 22.2 Å². The van der Waals surface area contributed by atoms with Gasteiger partial charge in [0.2, 0.25) is 0 Å². The SMILES string of the molecule is O=C(O)Cc1ccc(/C=C/c2ccc(CC(=O)O)cc2)cc1. The van der Waals surface area contributed by atoms with Crippen molar-refractivity contribution >= 4 is 24.1 Å². The Hall–Kier alpha value is -2.88. The van der Waals surface area contributed by atoms with E-state index < -0.39 is 11.9 Å². The maximum Gasteiger partial charge on any atom is 0.307 e. The van der Waals surface area contributed by atoms with E-state index in [9.17, 15) is 9.59 Å². The Bertz CT molecular complexity index is 621. The van der Waals surface area contributed by atoms with Crippen molar-refractivity contribution in [1.82, 2.24) is 0 Å². The Balaban J connectivity index is 2.01. The maximum atomic E-state index is 10.6. The van der Waals surface area contributed by atoms with Gasteiger partial charge in [-0.2, -0.15) is 0 Å². The van der Waals surface area contributed by atoms with Crippen molar-refractivity contribution in [2.24, 2.45) is 0 Å². The van der Waals surface area contributed by atoms with E-state index in [1.807, 2.05) is 36.4 Å². The van der Waals surface area contributed by atoms with E-state index in [4.69, 9.17) is 10.2 Å². The molecular formula is C18H16O4. The van der Waals surface area contributed by atoms with Crippen LogP contribution in [0.4, 0.5) is 0 Å². The van der Waals surface area contributed by atoms with Gasteiger partial charge in [0.15, 0.2) is 0 Å². The zero-order valence-corrected chi connectivity index (χ0v) is 11.9. The molecule has 0 spiro atoms. The van der Waals surface area contributed by atoms with Gasteiger partial charge in [-0.3, -0.25) is 9.59 Å². The van der Waals surface area contributed by atoms with Gasteiger partial charge in [0, 0.05) is 0 Å². The number of hydrogen-bond acceptors (Lipinski definition) is 2. The van der Waals surface area contributed by atoms with Crippen molar-refractivity contribution < 1.29 is 19.8 Å². The highest BCUT2D eigenvalue weighted by Gasteiger charge is 2.00. The summed E-state index contributed by atoms with van der Waals surface area (Å²) in [4.78, 5) is 21.2. The topological polar surface area (TPSA) is 74.6 Å². The van der Waals surface area contributed by atoms with Crippen LogP contribution in [0.2, 0.25) is 0 Å². The molecule has 0 radical (unpaired) electrons. The van der Waals surface area contributed by atoms with Gasteiger partial charge in [0.1, 0.15) is 0 Å². The summed E-state index contributed by atoms with van der Waals surface area (Å²) in [5.41, 5.74) is 3.48. The number of carboxylic acid groups (broad SMARTS) is 2. The third-order valence-electron chi connectivity index (χ3n) is 3.14. The minimum absolute atomic E-state index is 0.0229. The van der Waals surface area contributed by atoms with Gasteiger partial charge in [0.25, 0.3) is 0 Å². The monoisotopic (exact) mass is 296 g/mol.